The Morgan fingerprint density at radius 2 is 1.31 bits per heavy atom. The highest BCUT2D eigenvalue weighted by Gasteiger charge is 2.59. The topological polar surface area (TPSA) is 56.3 Å². The van der Waals surface area contributed by atoms with Crippen molar-refractivity contribution in [3.05, 3.63) is 77.0 Å². The summed E-state index contributed by atoms with van der Waals surface area (Å²) in [5, 5.41) is 18.8. The lowest BCUT2D eigenvalue weighted by atomic mass is 9.67. The van der Waals surface area contributed by atoms with Crippen molar-refractivity contribution in [1.29, 1.82) is 10.5 Å². The fourth-order valence-corrected chi connectivity index (χ4v) is 12.1. The molecule has 0 aromatic carbocycles. The lowest BCUT2D eigenvalue weighted by Gasteiger charge is -2.37. The van der Waals surface area contributed by atoms with Gasteiger partial charge in [0, 0.05) is 35.0 Å². The Labute approximate surface area is 240 Å². The molecule has 0 atom stereocenters. The summed E-state index contributed by atoms with van der Waals surface area (Å²) in [6.07, 6.45) is 15.6. The smallest absolute Gasteiger partial charge is 0.227 e. The summed E-state index contributed by atoms with van der Waals surface area (Å²) in [4.78, 5) is 11.8. The minimum Gasteiger partial charge on any atom is -0.227 e. The van der Waals surface area contributed by atoms with Crippen molar-refractivity contribution < 1.29 is 0 Å². The van der Waals surface area contributed by atoms with Crippen molar-refractivity contribution in [1.82, 2.24) is 0 Å². The highest BCUT2D eigenvalue weighted by atomic mass is 32.1. The molecule has 0 aliphatic heterocycles. The molecule has 4 aliphatic carbocycles. The first-order chi connectivity index (χ1) is 19.1. The average molecular weight is 561 g/mol. The van der Waals surface area contributed by atoms with Gasteiger partial charge in [-0.2, -0.15) is 0 Å². The van der Waals surface area contributed by atoms with Crippen molar-refractivity contribution in [3.63, 3.8) is 0 Å². The molecule has 190 valence electrons. The van der Waals surface area contributed by atoms with Crippen LogP contribution in [0.5, 0.6) is 0 Å². The van der Waals surface area contributed by atoms with Crippen molar-refractivity contribution in [3.8, 4) is 12.1 Å². The van der Waals surface area contributed by atoms with Gasteiger partial charge < -0.3 is 0 Å². The molecule has 0 saturated heterocycles. The van der Waals surface area contributed by atoms with Gasteiger partial charge in [0.1, 0.15) is 0 Å². The lowest BCUT2D eigenvalue weighted by Crippen LogP contribution is -2.28. The summed E-state index contributed by atoms with van der Waals surface area (Å²) < 4.78 is 2.64. The van der Waals surface area contributed by atoms with Crippen LogP contribution in [0.4, 0.5) is 0 Å². The maximum absolute atomic E-state index is 9.43. The van der Waals surface area contributed by atoms with E-state index in [4.69, 9.17) is 13.1 Å². The number of hydrogen-bond acceptors (Lipinski definition) is 5. The molecule has 3 aromatic heterocycles. The Morgan fingerprint density at radius 1 is 0.744 bits per heavy atom. The summed E-state index contributed by atoms with van der Waals surface area (Å²) in [7, 11) is 0. The summed E-state index contributed by atoms with van der Waals surface area (Å²) in [6, 6.07) is 8.58. The zero-order valence-electron chi connectivity index (χ0n) is 21.4. The summed E-state index contributed by atoms with van der Waals surface area (Å²) in [5.74, 6) is 0. The van der Waals surface area contributed by atoms with Crippen LogP contribution in [0.1, 0.15) is 94.8 Å². The Bertz CT molecular complexity index is 1780. The van der Waals surface area contributed by atoms with Crippen LogP contribution in [0.3, 0.4) is 0 Å². The van der Waals surface area contributed by atoms with Gasteiger partial charge in [-0.15, -0.1) is 34.0 Å². The van der Waals surface area contributed by atoms with E-state index < -0.39 is 0 Å². The molecule has 3 aromatic rings. The van der Waals surface area contributed by atoms with Gasteiger partial charge in [-0.1, -0.05) is 38.5 Å². The monoisotopic (exact) mass is 560 g/mol. The van der Waals surface area contributed by atoms with Crippen LogP contribution < -0.4 is 0 Å². The van der Waals surface area contributed by atoms with E-state index in [9.17, 15) is 10.5 Å². The van der Waals surface area contributed by atoms with E-state index >= 15 is 0 Å². The van der Waals surface area contributed by atoms with E-state index in [-0.39, 0.29) is 22.2 Å². The average Bonchev–Trinajstić information content (AvgIpc) is 3.73. The Balaban J connectivity index is 1.49. The van der Waals surface area contributed by atoms with Gasteiger partial charge in [0.15, 0.2) is 0 Å². The maximum atomic E-state index is 9.43. The Hall–Kier alpha value is -3.46. The maximum Gasteiger partial charge on any atom is 0.263 e. The van der Waals surface area contributed by atoms with Gasteiger partial charge in [0.05, 0.1) is 30.0 Å². The van der Waals surface area contributed by atoms with Crippen LogP contribution in [0.2, 0.25) is 0 Å². The zero-order chi connectivity index (χ0) is 26.8. The van der Waals surface area contributed by atoms with Gasteiger partial charge in [-0.25, -0.2) is 20.2 Å². The van der Waals surface area contributed by atoms with Gasteiger partial charge >= 0.3 is 0 Å². The third kappa shape index (κ3) is 3.35. The third-order valence-electron chi connectivity index (χ3n) is 9.23. The number of fused-ring (bicyclic) bond motifs is 10. The fraction of sp³-hybridized carbons (Fsp3) is 0.375. The van der Waals surface area contributed by atoms with Crippen molar-refractivity contribution in [2.24, 2.45) is 0 Å². The van der Waals surface area contributed by atoms with E-state index in [1.807, 2.05) is 17.4 Å². The predicted molar refractivity (Wildman–Crippen MR) is 161 cm³/mol. The lowest BCUT2D eigenvalue weighted by molar-refractivity contribution is 0.373. The summed E-state index contributed by atoms with van der Waals surface area (Å²) in [5.41, 5.74) is 6.47. The quantitative estimate of drug-likeness (QED) is 0.231. The standard InChI is InChI=1S/C32H24N4S3/c1-35-19(17-33)13-21-15-23-28(37-21)25-26(31(23)9-5-3-6-10-31)30-27(32(25)11-7-4-8-12-32)29-24(39-30)16-22(38-29)14-20(18-34)36-2/h13-16H,3-12H2/b19-13+,20-14-. The van der Waals surface area contributed by atoms with Crippen molar-refractivity contribution in [2.45, 2.75) is 75.0 Å². The molecule has 3 heterocycles. The molecular weight excluding hydrogens is 537 g/mol. The second-order valence-electron chi connectivity index (χ2n) is 11.1. The van der Waals surface area contributed by atoms with Crippen LogP contribution in [0.25, 0.3) is 42.4 Å². The summed E-state index contributed by atoms with van der Waals surface area (Å²) >= 11 is 5.47. The van der Waals surface area contributed by atoms with Crippen LogP contribution in [0.15, 0.2) is 23.5 Å². The third-order valence-corrected chi connectivity index (χ3v) is 12.7. The molecule has 2 spiro atoms. The molecule has 2 saturated carbocycles. The number of allylic oxidation sites excluding steroid dienone is 4. The Morgan fingerprint density at radius 3 is 1.90 bits per heavy atom. The summed E-state index contributed by atoms with van der Waals surface area (Å²) in [6.45, 7) is 14.7. The molecule has 7 heteroatoms. The van der Waals surface area contributed by atoms with Crippen LogP contribution in [-0.4, -0.2) is 0 Å². The van der Waals surface area contributed by atoms with E-state index in [0.717, 1.165) is 35.4 Å². The molecule has 0 amide bonds. The molecule has 4 nitrogen and oxygen atoms in total. The number of nitriles is 2. The molecule has 0 unspecified atom stereocenters. The molecule has 39 heavy (non-hydrogen) atoms. The van der Waals surface area contributed by atoms with Crippen LogP contribution in [-0.2, 0) is 10.8 Å². The van der Waals surface area contributed by atoms with Gasteiger partial charge in [0.25, 0.3) is 11.4 Å². The number of thiophene rings is 3. The molecule has 4 aliphatic rings. The van der Waals surface area contributed by atoms with Crippen LogP contribution in [0, 0.1) is 35.8 Å². The minimum atomic E-state index is 0.00422. The van der Waals surface area contributed by atoms with Crippen molar-refractivity contribution >= 4 is 66.7 Å². The molecule has 0 N–H and O–H groups in total. The largest absolute Gasteiger partial charge is 0.263 e. The number of rotatable bonds is 2. The first-order valence-electron chi connectivity index (χ1n) is 13.5. The van der Waals surface area contributed by atoms with Crippen LogP contribution >= 0.6 is 34.0 Å². The van der Waals surface area contributed by atoms with E-state index in [1.54, 1.807) is 46.0 Å². The first kappa shape index (κ1) is 24.6. The highest BCUT2D eigenvalue weighted by Crippen LogP contribution is 2.72. The van der Waals surface area contributed by atoms with E-state index in [1.165, 1.54) is 68.8 Å². The van der Waals surface area contributed by atoms with Gasteiger partial charge in [-0.3, -0.25) is 0 Å². The first-order valence-corrected chi connectivity index (χ1v) is 16.0. The molecule has 0 bridgehead atoms. The molecule has 2 fully saturated rings. The number of nitrogens with zero attached hydrogens (tertiary/aromatic N) is 4. The normalized spacial score (nSPS) is 20.8. The highest BCUT2D eigenvalue weighted by molar-refractivity contribution is 7.29. The molecule has 0 radical (unpaired) electrons. The molecular formula is C32H24N4S3. The van der Waals surface area contributed by atoms with Gasteiger partial charge in [-0.05, 0) is 72.2 Å². The van der Waals surface area contributed by atoms with Gasteiger partial charge in [0.2, 0.25) is 0 Å². The fourth-order valence-electron chi connectivity index (χ4n) is 7.79. The second-order valence-corrected chi connectivity index (χ2v) is 14.3. The SMILES string of the molecule is [C-]#[N+]/C(C#N)=C\c1cc2sc3c(c2s1)C1(CCCCC1)C1=C3C2(CCCCC2)c2cc(/C=C(\C#N)[N+]#[C-])sc21. The van der Waals surface area contributed by atoms with Crippen molar-refractivity contribution in [2.75, 3.05) is 0 Å². The molecule has 7 rings (SSSR count). The zero-order valence-corrected chi connectivity index (χ0v) is 23.8. The number of hydrogen-bond donors (Lipinski definition) is 0. The van der Waals surface area contributed by atoms with E-state index in [0.29, 0.717) is 0 Å². The second kappa shape index (κ2) is 9.05. The van der Waals surface area contributed by atoms with E-state index in [2.05, 4.69) is 27.9 Å². The predicted octanol–water partition coefficient (Wildman–Crippen LogP) is 9.93. The minimum absolute atomic E-state index is 0.00422. The Kier molecular flexibility index (Phi) is 5.70.